The van der Waals surface area contributed by atoms with Gasteiger partial charge in [-0.15, -0.1) is 0 Å². The van der Waals surface area contributed by atoms with E-state index in [9.17, 15) is 10.1 Å². The van der Waals surface area contributed by atoms with Crippen molar-refractivity contribution < 1.29 is 9.66 Å². The Balaban J connectivity index is 1.76. The van der Waals surface area contributed by atoms with Crippen LogP contribution in [-0.2, 0) is 0 Å². The molecule has 8 nitrogen and oxygen atoms in total. The van der Waals surface area contributed by atoms with Gasteiger partial charge in [-0.25, -0.2) is 9.97 Å². The maximum Gasteiger partial charge on any atom is 0.373 e. The van der Waals surface area contributed by atoms with Crippen LogP contribution in [0.15, 0.2) is 67.1 Å². The molecule has 0 atom stereocenters. The number of pyridine rings is 1. The summed E-state index contributed by atoms with van der Waals surface area (Å²) in [6.45, 7) is 1.90. The normalized spacial score (nSPS) is 10.6. The van der Waals surface area contributed by atoms with E-state index in [-0.39, 0.29) is 17.4 Å². The maximum absolute atomic E-state index is 11.7. The number of aromatic nitrogens is 3. The smallest absolute Gasteiger partial charge is 0.373 e. The van der Waals surface area contributed by atoms with Crippen molar-refractivity contribution >= 4 is 28.1 Å². The summed E-state index contributed by atoms with van der Waals surface area (Å²) < 4.78 is 5.83. The number of benzene rings is 2. The Hall–Kier alpha value is -4.07. The van der Waals surface area contributed by atoms with Crippen LogP contribution in [0.2, 0.25) is 0 Å². The molecule has 4 rings (SSSR count). The number of ether oxygens (including phenoxy) is 1. The second-order valence-corrected chi connectivity index (χ2v) is 6.06. The number of nitro groups is 1. The molecule has 0 radical (unpaired) electrons. The molecule has 138 valence electrons. The molecule has 2 heterocycles. The first-order valence-electron chi connectivity index (χ1n) is 8.46. The first kappa shape index (κ1) is 17.3. The highest BCUT2D eigenvalue weighted by Gasteiger charge is 2.26. The Bertz CT molecular complexity index is 1170. The van der Waals surface area contributed by atoms with E-state index in [0.29, 0.717) is 11.6 Å². The molecule has 0 aliphatic rings. The molecule has 2 aromatic carbocycles. The molecule has 28 heavy (non-hydrogen) atoms. The molecule has 0 unspecified atom stereocenters. The summed E-state index contributed by atoms with van der Waals surface area (Å²) in [5, 5.41) is 16.4. The summed E-state index contributed by atoms with van der Waals surface area (Å²) in [6.07, 6.45) is 2.82. The number of aryl methyl sites for hydroxylation is 1. The number of fused-ring (bicyclic) bond motifs is 1. The van der Waals surface area contributed by atoms with Crippen molar-refractivity contribution in [3.63, 3.8) is 0 Å². The molecule has 0 aliphatic heterocycles. The first-order valence-corrected chi connectivity index (χ1v) is 8.46. The lowest BCUT2D eigenvalue weighted by atomic mass is 10.1. The quantitative estimate of drug-likeness (QED) is 0.397. The van der Waals surface area contributed by atoms with Crippen LogP contribution in [-0.4, -0.2) is 19.9 Å². The van der Waals surface area contributed by atoms with Crippen molar-refractivity contribution in [1.82, 2.24) is 15.0 Å². The third kappa shape index (κ3) is 3.43. The van der Waals surface area contributed by atoms with Crippen LogP contribution in [0.4, 0.5) is 17.3 Å². The average molecular weight is 373 g/mol. The van der Waals surface area contributed by atoms with Crippen molar-refractivity contribution in [3.05, 3.63) is 82.8 Å². The Morgan fingerprint density at radius 1 is 1.04 bits per heavy atom. The second-order valence-electron chi connectivity index (χ2n) is 6.06. The molecule has 0 spiro atoms. The number of rotatable bonds is 5. The van der Waals surface area contributed by atoms with Crippen LogP contribution in [0.5, 0.6) is 11.6 Å². The predicted octanol–water partition coefficient (Wildman–Crippen LogP) is 4.78. The lowest BCUT2D eigenvalue weighted by Gasteiger charge is -2.10. The van der Waals surface area contributed by atoms with Crippen molar-refractivity contribution in [1.29, 1.82) is 0 Å². The van der Waals surface area contributed by atoms with Gasteiger partial charge in [-0.3, -0.25) is 10.1 Å². The molecule has 4 aromatic rings. The van der Waals surface area contributed by atoms with Gasteiger partial charge in [0, 0.05) is 11.6 Å². The van der Waals surface area contributed by atoms with E-state index < -0.39 is 4.92 Å². The average Bonchev–Trinajstić information content (AvgIpc) is 2.68. The van der Waals surface area contributed by atoms with Crippen LogP contribution in [0.25, 0.3) is 10.8 Å². The molecule has 0 bridgehead atoms. The van der Waals surface area contributed by atoms with Gasteiger partial charge in [0.1, 0.15) is 17.9 Å². The SMILES string of the molecule is Cc1ccnc(Nc2ncnc(Oc3cccc4ccccc34)c2[N+](=O)[O-])c1. The topological polar surface area (TPSA) is 103 Å². The maximum atomic E-state index is 11.7. The highest BCUT2D eigenvalue weighted by molar-refractivity contribution is 5.88. The minimum Gasteiger partial charge on any atom is -0.433 e. The van der Waals surface area contributed by atoms with E-state index in [4.69, 9.17) is 4.74 Å². The van der Waals surface area contributed by atoms with E-state index in [2.05, 4.69) is 20.3 Å². The molecule has 0 saturated heterocycles. The van der Waals surface area contributed by atoms with Gasteiger partial charge in [0.15, 0.2) is 0 Å². The third-order valence-electron chi connectivity index (χ3n) is 4.09. The number of anilines is 2. The minimum atomic E-state index is -0.571. The predicted molar refractivity (Wildman–Crippen MR) is 105 cm³/mol. The Labute approximate surface area is 160 Å². The molecular weight excluding hydrogens is 358 g/mol. The highest BCUT2D eigenvalue weighted by Crippen LogP contribution is 2.37. The lowest BCUT2D eigenvalue weighted by molar-refractivity contribution is -0.385. The fourth-order valence-corrected chi connectivity index (χ4v) is 2.81. The lowest BCUT2D eigenvalue weighted by Crippen LogP contribution is -2.04. The van der Waals surface area contributed by atoms with Gasteiger partial charge in [0.25, 0.3) is 0 Å². The Kier molecular flexibility index (Phi) is 4.51. The minimum absolute atomic E-state index is 0.00772. The van der Waals surface area contributed by atoms with E-state index >= 15 is 0 Å². The van der Waals surface area contributed by atoms with Crippen molar-refractivity contribution in [2.24, 2.45) is 0 Å². The van der Waals surface area contributed by atoms with Gasteiger partial charge in [0.2, 0.25) is 5.82 Å². The Morgan fingerprint density at radius 2 is 1.86 bits per heavy atom. The summed E-state index contributed by atoms with van der Waals surface area (Å²) >= 11 is 0. The number of hydrogen-bond donors (Lipinski definition) is 1. The highest BCUT2D eigenvalue weighted by atomic mass is 16.6. The van der Waals surface area contributed by atoms with Gasteiger partial charge >= 0.3 is 11.6 Å². The fraction of sp³-hybridized carbons (Fsp3) is 0.0500. The van der Waals surface area contributed by atoms with Gasteiger partial charge in [0.05, 0.1) is 4.92 Å². The van der Waals surface area contributed by atoms with Crippen LogP contribution >= 0.6 is 0 Å². The van der Waals surface area contributed by atoms with Gasteiger partial charge in [-0.05, 0) is 36.1 Å². The molecule has 0 fully saturated rings. The monoisotopic (exact) mass is 373 g/mol. The summed E-state index contributed by atoms with van der Waals surface area (Å²) in [5.74, 6) is 0.775. The number of nitrogens with zero attached hydrogens (tertiary/aromatic N) is 4. The molecular formula is C20H15N5O3. The number of hydrogen-bond acceptors (Lipinski definition) is 7. The largest absolute Gasteiger partial charge is 0.433 e. The zero-order valence-corrected chi connectivity index (χ0v) is 14.9. The molecule has 8 heteroatoms. The Morgan fingerprint density at radius 3 is 2.68 bits per heavy atom. The molecule has 2 aromatic heterocycles. The van der Waals surface area contributed by atoms with Crippen LogP contribution in [0.3, 0.4) is 0 Å². The first-order chi connectivity index (χ1) is 13.6. The third-order valence-corrected chi connectivity index (χ3v) is 4.09. The second kappa shape index (κ2) is 7.28. The van der Waals surface area contributed by atoms with E-state index in [1.165, 1.54) is 6.33 Å². The van der Waals surface area contributed by atoms with Gasteiger partial charge in [-0.2, -0.15) is 4.98 Å². The summed E-state index contributed by atoms with van der Waals surface area (Å²) in [6, 6.07) is 16.7. The zero-order chi connectivity index (χ0) is 19.5. The van der Waals surface area contributed by atoms with E-state index in [1.807, 2.05) is 49.4 Å². The summed E-state index contributed by atoms with van der Waals surface area (Å²) in [7, 11) is 0. The van der Waals surface area contributed by atoms with Crippen LogP contribution < -0.4 is 10.1 Å². The summed E-state index contributed by atoms with van der Waals surface area (Å²) in [4.78, 5) is 23.3. The molecule has 1 N–H and O–H groups in total. The molecule has 0 amide bonds. The van der Waals surface area contributed by atoms with Gasteiger partial charge in [-0.1, -0.05) is 36.4 Å². The number of nitrogens with one attached hydrogen (secondary N) is 1. The zero-order valence-electron chi connectivity index (χ0n) is 14.9. The van der Waals surface area contributed by atoms with E-state index in [0.717, 1.165) is 16.3 Å². The fourth-order valence-electron chi connectivity index (χ4n) is 2.81. The van der Waals surface area contributed by atoms with Crippen LogP contribution in [0.1, 0.15) is 5.56 Å². The van der Waals surface area contributed by atoms with Crippen molar-refractivity contribution in [2.75, 3.05) is 5.32 Å². The molecule has 0 saturated carbocycles. The van der Waals surface area contributed by atoms with Crippen LogP contribution in [0, 0.1) is 17.0 Å². The summed E-state index contributed by atoms with van der Waals surface area (Å²) in [5.41, 5.74) is 0.597. The van der Waals surface area contributed by atoms with Crippen molar-refractivity contribution in [3.8, 4) is 11.6 Å². The molecule has 0 aliphatic carbocycles. The van der Waals surface area contributed by atoms with Gasteiger partial charge < -0.3 is 10.1 Å². The van der Waals surface area contributed by atoms with E-state index in [1.54, 1.807) is 18.3 Å². The standard InChI is InChI=1S/C20H15N5O3/c1-13-9-10-21-17(11-13)24-19-18(25(26)27)20(23-12-22-19)28-16-8-4-6-14-5-2-3-7-15(14)16/h2-12H,1H3,(H,21,22,23,24). The van der Waals surface area contributed by atoms with Crippen molar-refractivity contribution in [2.45, 2.75) is 6.92 Å².